The van der Waals surface area contributed by atoms with Gasteiger partial charge in [-0.15, -0.1) is 0 Å². The van der Waals surface area contributed by atoms with Crippen LogP contribution in [0.3, 0.4) is 0 Å². The molecule has 0 aliphatic carbocycles. The number of aliphatic hydroxyl groups excluding tert-OH is 1. The van der Waals surface area contributed by atoms with Crippen LogP contribution in [0.1, 0.15) is 24.1 Å². The molecule has 2 aliphatic heterocycles. The summed E-state index contributed by atoms with van der Waals surface area (Å²) in [6.07, 6.45) is -1.43. The van der Waals surface area contributed by atoms with Crippen molar-refractivity contribution in [3.8, 4) is 5.75 Å². The summed E-state index contributed by atoms with van der Waals surface area (Å²) in [5.74, 6) is -4.22. The Morgan fingerprint density at radius 1 is 1.13 bits per heavy atom. The maximum atomic E-state index is 13.5. The molecule has 0 radical (unpaired) electrons. The van der Waals surface area contributed by atoms with E-state index in [1.807, 2.05) is 6.07 Å². The molecule has 0 spiro atoms. The van der Waals surface area contributed by atoms with Crippen molar-refractivity contribution in [2.24, 2.45) is 11.8 Å². The highest BCUT2D eigenvalue weighted by atomic mass is 16.5. The summed E-state index contributed by atoms with van der Waals surface area (Å²) in [5, 5.41) is 23.6. The van der Waals surface area contributed by atoms with Gasteiger partial charge in [-0.2, -0.15) is 0 Å². The fourth-order valence-electron chi connectivity index (χ4n) is 4.87. The van der Waals surface area contributed by atoms with Crippen molar-refractivity contribution in [1.82, 2.24) is 10.2 Å². The lowest BCUT2D eigenvalue weighted by atomic mass is 9.76. The van der Waals surface area contributed by atoms with Crippen molar-refractivity contribution < 1.29 is 29.3 Å². The van der Waals surface area contributed by atoms with E-state index >= 15 is 0 Å². The second-order valence-electron chi connectivity index (χ2n) is 7.97. The number of hydrogen-bond donors (Lipinski definition) is 3. The Hall–Kier alpha value is -3.23. The van der Waals surface area contributed by atoms with Crippen LogP contribution in [0.2, 0.25) is 0 Å². The maximum absolute atomic E-state index is 13.5. The van der Waals surface area contributed by atoms with E-state index in [0.717, 1.165) is 10.5 Å². The van der Waals surface area contributed by atoms with E-state index in [4.69, 9.17) is 4.74 Å². The van der Waals surface area contributed by atoms with Crippen LogP contribution < -0.4 is 10.1 Å². The number of aliphatic carboxylic acids is 1. The summed E-state index contributed by atoms with van der Waals surface area (Å²) in [4.78, 5) is 40.4. The second kappa shape index (κ2) is 7.79. The molecule has 2 saturated heterocycles. The van der Waals surface area contributed by atoms with E-state index in [1.165, 1.54) is 14.0 Å². The largest absolute Gasteiger partial charge is 0.496 e. The fourth-order valence-corrected chi connectivity index (χ4v) is 4.87. The molecule has 4 rings (SSSR count). The molecule has 0 aromatic heterocycles. The molecule has 8 heteroatoms. The molecule has 5 atom stereocenters. The first-order valence-corrected chi connectivity index (χ1v) is 10.0. The number of imide groups is 1. The molecular weight excluding hydrogens is 400 g/mol. The molecule has 2 amide bonds. The van der Waals surface area contributed by atoms with Gasteiger partial charge in [0.2, 0.25) is 11.8 Å². The van der Waals surface area contributed by atoms with Crippen LogP contribution in [0.5, 0.6) is 5.75 Å². The molecule has 2 fully saturated rings. The number of nitrogens with one attached hydrogen (secondary N) is 1. The van der Waals surface area contributed by atoms with Crippen LogP contribution >= 0.6 is 0 Å². The summed E-state index contributed by atoms with van der Waals surface area (Å²) < 4.78 is 5.42. The minimum absolute atomic E-state index is 0.0413. The number of para-hydroxylation sites is 1. The second-order valence-corrected chi connectivity index (χ2v) is 7.97. The predicted octanol–water partition coefficient (Wildman–Crippen LogP) is 1.35. The minimum Gasteiger partial charge on any atom is -0.496 e. The molecule has 162 valence electrons. The number of benzene rings is 2. The maximum Gasteiger partial charge on any atom is 0.327 e. The topological polar surface area (TPSA) is 116 Å². The third-order valence-corrected chi connectivity index (χ3v) is 6.36. The molecule has 2 aromatic carbocycles. The molecule has 31 heavy (non-hydrogen) atoms. The first-order valence-electron chi connectivity index (χ1n) is 10.0. The van der Waals surface area contributed by atoms with Crippen molar-refractivity contribution in [2.75, 3.05) is 7.11 Å². The minimum atomic E-state index is -2.01. The number of aliphatic hydroxyl groups is 1. The van der Waals surface area contributed by atoms with Gasteiger partial charge in [0.25, 0.3) is 0 Å². The highest BCUT2D eigenvalue weighted by molar-refractivity contribution is 6.09. The Labute approximate surface area is 179 Å². The van der Waals surface area contributed by atoms with Crippen molar-refractivity contribution in [2.45, 2.75) is 31.2 Å². The van der Waals surface area contributed by atoms with Gasteiger partial charge in [0.15, 0.2) is 5.54 Å². The van der Waals surface area contributed by atoms with Crippen LogP contribution in [0.15, 0.2) is 54.6 Å². The zero-order chi connectivity index (χ0) is 22.3. The zero-order valence-corrected chi connectivity index (χ0v) is 17.2. The van der Waals surface area contributed by atoms with Crippen LogP contribution in [-0.4, -0.2) is 51.6 Å². The number of likely N-dealkylation sites (tertiary alicyclic amines) is 1. The van der Waals surface area contributed by atoms with E-state index < -0.39 is 47.3 Å². The normalized spacial score (nSPS) is 28.5. The third-order valence-electron chi connectivity index (χ3n) is 6.36. The van der Waals surface area contributed by atoms with Gasteiger partial charge in [0.05, 0.1) is 31.6 Å². The van der Waals surface area contributed by atoms with Gasteiger partial charge in [-0.3, -0.25) is 24.6 Å². The third kappa shape index (κ3) is 3.10. The Bertz CT molecular complexity index is 1020. The highest BCUT2D eigenvalue weighted by Gasteiger charge is 2.70. The zero-order valence-electron chi connectivity index (χ0n) is 17.2. The van der Waals surface area contributed by atoms with Crippen LogP contribution in [0, 0.1) is 11.8 Å². The molecule has 2 heterocycles. The van der Waals surface area contributed by atoms with Crippen LogP contribution in [0.25, 0.3) is 0 Å². The fraction of sp³-hybridized carbons (Fsp3) is 0.348. The number of fused-ring (bicyclic) bond motifs is 1. The van der Waals surface area contributed by atoms with Gasteiger partial charge in [-0.25, -0.2) is 0 Å². The van der Waals surface area contributed by atoms with E-state index in [9.17, 15) is 24.6 Å². The van der Waals surface area contributed by atoms with E-state index in [1.54, 1.807) is 48.5 Å². The molecule has 3 N–H and O–H groups in total. The SMILES string of the molecule is COc1ccccc1C1NC(C(=O)O)(C(C)O)C2C(=O)N(Cc3ccccc3)C(=O)C12. The van der Waals surface area contributed by atoms with Crippen molar-refractivity contribution >= 4 is 17.8 Å². The number of ether oxygens (including phenoxy) is 1. The summed E-state index contributed by atoms with van der Waals surface area (Å²) >= 11 is 0. The first-order chi connectivity index (χ1) is 14.8. The van der Waals surface area contributed by atoms with Gasteiger partial charge >= 0.3 is 5.97 Å². The van der Waals surface area contributed by atoms with Crippen LogP contribution in [0.4, 0.5) is 0 Å². The number of carboxylic acid groups (broad SMARTS) is 1. The number of methoxy groups -OCH3 is 1. The Kier molecular flexibility index (Phi) is 5.28. The molecule has 0 bridgehead atoms. The number of carbonyl (C=O) groups excluding carboxylic acids is 2. The predicted molar refractivity (Wildman–Crippen MR) is 110 cm³/mol. The number of carboxylic acids is 1. The molecule has 5 unspecified atom stereocenters. The number of amides is 2. The van der Waals surface area contributed by atoms with Crippen molar-refractivity contribution in [3.63, 3.8) is 0 Å². The van der Waals surface area contributed by atoms with Gasteiger partial charge < -0.3 is 14.9 Å². The highest BCUT2D eigenvalue weighted by Crippen LogP contribution is 2.51. The number of carbonyl (C=O) groups is 3. The summed E-state index contributed by atoms with van der Waals surface area (Å²) in [7, 11) is 1.48. The van der Waals surface area contributed by atoms with Gasteiger partial charge in [0.1, 0.15) is 5.75 Å². The number of rotatable bonds is 6. The first kappa shape index (κ1) is 21.0. The standard InChI is InChI=1S/C23H24N2O6/c1-13(26)23(22(29)30)18-17(19(24-23)15-10-6-7-11-16(15)31-2)20(27)25(21(18)28)12-14-8-4-3-5-9-14/h3-11,13,17-19,24,26H,12H2,1-2H3,(H,29,30). The quantitative estimate of drug-likeness (QED) is 0.600. The van der Waals surface area contributed by atoms with Crippen molar-refractivity contribution in [3.05, 3.63) is 65.7 Å². The van der Waals surface area contributed by atoms with Gasteiger partial charge in [-0.05, 0) is 18.6 Å². The monoisotopic (exact) mass is 424 g/mol. The lowest BCUT2D eigenvalue weighted by Gasteiger charge is -2.33. The average molecular weight is 424 g/mol. The molecule has 0 saturated carbocycles. The van der Waals surface area contributed by atoms with Crippen molar-refractivity contribution in [1.29, 1.82) is 0 Å². The summed E-state index contributed by atoms with van der Waals surface area (Å²) in [6.45, 7) is 1.36. The summed E-state index contributed by atoms with van der Waals surface area (Å²) in [5.41, 5.74) is -0.690. The Balaban J connectivity index is 1.83. The summed E-state index contributed by atoms with van der Waals surface area (Å²) in [6, 6.07) is 15.2. The number of nitrogens with zero attached hydrogens (tertiary/aromatic N) is 1. The smallest absolute Gasteiger partial charge is 0.327 e. The Morgan fingerprint density at radius 3 is 2.39 bits per heavy atom. The average Bonchev–Trinajstić information content (AvgIpc) is 3.25. The van der Waals surface area contributed by atoms with Gasteiger partial charge in [0, 0.05) is 11.6 Å². The molecule has 2 aliphatic rings. The molecule has 2 aromatic rings. The lowest BCUT2D eigenvalue weighted by Crippen LogP contribution is -2.62. The lowest BCUT2D eigenvalue weighted by molar-refractivity contribution is -0.157. The van der Waals surface area contributed by atoms with E-state index in [0.29, 0.717) is 11.3 Å². The number of hydrogen-bond acceptors (Lipinski definition) is 6. The Morgan fingerprint density at radius 2 is 1.77 bits per heavy atom. The van der Waals surface area contributed by atoms with E-state index in [-0.39, 0.29) is 6.54 Å². The molecule has 8 nitrogen and oxygen atoms in total. The van der Waals surface area contributed by atoms with E-state index in [2.05, 4.69) is 5.32 Å². The van der Waals surface area contributed by atoms with Crippen LogP contribution in [-0.2, 0) is 20.9 Å². The van der Waals surface area contributed by atoms with Gasteiger partial charge in [-0.1, -0.05) is 48.5 Å². The molecular formula is C23H24N2O6.